The molecule has 0 aliphatic carbocycles. The smallest absolute Gasteiger partial charge is 0.242 e. The summed E-state index contributed by atoms with van der Waals surface area (Å²) in [5.41, 5.74) is 4.37. The van der Waals surface area contributed by atoms with E-state index in [1.165, 1.54) is 16.7 Å². The Morgan fingerprint density at radius 2 is 1.69 bits per heavy atom. The minimum Gasteiger partial charge on any atom is -0.354 e. The van der Waals surface area contributed by atoms with E-state index in [1.54, 1.807) is 41.8 Å². The maximum Gasteiger partial charge on any atom is 0.242 e. The van der Waals surface area contributed by atoms with Gasteiger partial charge < -0.3 is 10.2 Å². The molecule has 0 spiro atoms. The second kappa shape index (κ2) is 12.5. The third-order valence-corrected chi connectivity index (χ3v) is 6.56. The van der Waals surface area contributed by atoms with Gasteiger partial charge in [-0.25, -0.2) is 0 Å². The molecule has 0 aliphatic heterocycles. The molecule has 1 N–H and O–H groups in total. The fraction of sp³-hybridized carbons (Fsp3) is 0.440. The summed E-state index contributed by atoms with van der Waals surface area (Å²) in [6.07, 6.45) is 0. The van der Waals surface area contributed by atoms with Crippen LogP contribution in [0.5, 0.6) is 0 Å². The van der Waals surface area contributed by atoms with E-state index in [4.69, 9.17) is 23.2 Å². The number of hydrogen-bond donors (Lipinski definition) is 1. The average Bonchev–Trinajstić information content (AvgIpc) is 2.70. The summed E-state index contributed by atoms with van der Waals surface area (Å²) >= 11 is 13.9. The van der Waals surface area contributed by atoms with Gasteiger partial charge in [-0.1, -0.05) is 72.4 Å². The Hall–Kier alpha value is -1.69. The lowest BCUT2D eigenvalue weighted by Gasteiger charge is -2.29. The van der Waals surface area contributed by atoms with E-state index in [0.717, 1.165) is 11.3 Å². The Kier molecular flexibility index (Phi) is 10.4. The van der Waals surface area contributed by atoms with Gasteiger partial charge in [0.15, 0.2) is 0 Å². The van der Waals surface area contributed by atoms with Crippen molar-refractivity contribution in [1.82, 2.24) is 10.2 Å². The minimum atomic E-state index is -0.616. The quantitative estimate of drug-likeness (QED) is 0.438. The number of benzene rings is 2. The lowest BCUT2D eigenvalue weighted by Crippen LogP contribution is -2.48. The maximum atomic E-state index is 13.2. The Bertz CT molecular complexity index is 929. The number of nitrogens with one attached hydrogen (secondary N) is 1. The highest BCUT2D eigenvalue weighted by Crippen LogP contribution is 2.24. The molecule has 1 unspecified atom stereocenters. The summed E-state index contributed by atoms with van der Waals surface area (Å²) in [6.45, 7) is 10.8. The van der Waals surface area contributed by atoms with Gasteiger partial charge in [0, 0.05) is 28.9 Å². The molecule has 2 rings (SSSR count). The molecule has 2 aromatic rings. The van der Waals surface area contributed by atoms with Crippen LogP contribution in [0.3, 0.4) is 0 Å². The van der Waals surface area contributed by atoms with Gasteiger partial charge in [-0.2, -0.15) is 0 Å². The molecular weight excluding hydrogens is 463 g/mol. The number of hydrogen-bond acceptors (Lipinski definition) is 3. The van der Waals surface area contributed by atoms with Gasteiger partial charge in [0.2, 0.25) is 11.8 Å². The number of nitrogens with zero attached hydrogens (tertiary/aromatic N) is 1. The molecule has 7 heteroatoms. The molecule has 1 atom stereocenters. The highest BCUT2D eigenvalue weighted by Gasteiger charge is 2.26. The summed E-state index contributed by atoms with van der Waals surface area (Å²) in [4.78, 5) is 27.5. The lowest BCUT2D eigenvalue weighted by molar-refractivity contribution is -0.138. The van der Waals surface area contributed by atoms with E-state index >= 15 is 0 Å². The zero-order chi connectivity index (χ0) is 23.8. The molecule has 0 radical (unpaired) electrons. The second-order valence-corrected chi connectivity index (χ2v) is 10.4. The first-order valence-electron chi connectivity index (χ1n) is 10.7. The SMILES string of the molecule is Cc1cc(C)cc(CSCC(=O)N(Cc2ccc(Cl)cc2Cl)C(C)C(=O)NCC(C)C)c1. The second-order valence-electron chi connectivity index (χ2n) is 8.56. The number of carbonyl (C=O) groups excluding carboxylic acids is 2. The van der Waals surface area contributed by atoms with E-state index in [1.807, 2.05) is 13.8 Å². The number of aryl methyl sites for hydroxylation is 2. The molecule has 0 saturated carbocycles. The Morgan fingerprint density at radius 3 is 2.28 bits per heavy atom. The maximum absolute atomic E-state index is 13.2. The third-order valence-electron chi connectivity index (χ3n) is 4.98. The highest BCUT2D eigenvalue weighted by molar-refractivity contribution is 7.99. The van der Waals surface area contributed by atoms with E-state index in [9.17, 15) is 9.59 Å². The van der Waals surface area contributed by atoms with Crippen LogP contribution in [-0.4, -0.2) is 35.1 Å². The molecule has 2 aromatic carbocycles. The normalized spacial score (nSPS) is 12.0. The van der Waals surface area contributed by atoms with E-state index in [2.05, 4.69) is 37.4 Å². The van der Waals surface area contributed by atoms with Gasteiger partial charge in [0.25, 0.3) is 0 Å². The number of halogens is 2. The lowest BCUT2D eigenvalue weighted by atomic mass is 10.1. The standard InChI is InChI=1S/C25H32Cl2N2O2S/c1-16(2)12-28-25(31)19(5)29(13-21-6-7-22(26)11-23(21)27)24(30)15-32-14-20-9-17(3)8-18(4)10-20/h6-11,16,19H,12-15H2,1-5H3,(H,28,31). The van der Waals surface area contributed by atoms with Crippen molar-refractivity contribution >= 4 is 46.8 Å². The van der Waals surface area contributed by atoms with Crippen molar-refractivity contribution in [1.29, 1.82) is 0 Å². The van der Waals surface area contributed by atoms with E-state index < -0.39 is 6.04 Å². The van der Waals surface area contributed by atoms with Gasteiger partial charge in [-0.05, 0) is 49.9 Å². The monoisotopic (exact) mass is 494 g/mol. The van der Waals surface area contributed by atoms with Crippen LogP contribution in [0.2, 0.25) is 10.0 Å². The molecule has 32 heavy (non-hydrogen) atoms. The van der Waals surface area contributed by atoms with Gasteiger partial charge in [-0.15, -0.1) is 11.8 Å². The van der Waals surface area contributed by atoms with E-state index in [-0.39, 0.29) is 24.1 Å². The molecule has 0 fully saturated rings. The van der Waals surface area contributed by atoms with Crippen molar-refractivity contribution in [2.75, 3.05) is 12.3 Å². The van der Waals surface area contributed by atoms with Crippen molar-refractivity contribution in [2.24, 2.45) is 5.92 Å². The van der Waals surface area contributed by atoms with Crippen molar-refractivity contribution in [3.63, 3.8) is 0 Å². The molecule has 0 aliphatic rings. The van der Waals surface area contributed by atoms with E-state index in [0.29, 0.717) is 22.5 Å². The van der Waals surface area contributed by atoms with Crippen molar-refractivity contribution in [3.05, 3.63) is 68.7 Å². The minimum absolute atomic E-state index is 0.0995. The topological polar surface area (TPSA) is 49.4 Å². The summed E-state index contributed by atoms with van der Waals surface area (Å²) < 4.78 is 0. The fourth-order valence-electron chi connectivity index (χ4n) is 3.36. The van der Waals surface area contributed by atoms with Gasteiger partial charge in [0.05, 0.1) is 5.75 Å². The van der Waals surface area contributed by atoms with Gasteiger partial charge in [0.1, 0.15) is 6.04 Å². The first-order valence-corrected chi connectivity index (χ1v) is 12.6. The summed E-state index contributed by atoms with van der Waals surface area (Å²) in [5, 5.41) is 3.94. The van der Waals surface area contributed by atoms with Crippen LogP contribution >= 0.6 is 35.0 Å². The van der Waals surface area contributed by atoms with Gasteiger partial charge in [-0.3, -0.25) is 9.59 Å². The summed E-state index contributed by atoms with van der Waals surface area (Å²) in [7, 11) is 0. The van der Waals surface area contributed by atoms with Crippen molar-refractivity contribution in [2.45, 2.75) is 53.0 Å². The fourth-order valence-corrected chi connectivity index (χ4v) is 4.67. The molecule has 2 amide bonds. The van der Waals surface area contributed by atoms with Crippen LogP contribution in [-0.2, 0) is 21.9 Å². The summed E-state index contributed by atoms with van der Waals surface area (Å²) in [5.74, 6) is 1.07. The molecule has 0 bridgehead atoms. The zero-order valence-corrected chi connectivity index (χ0v) is 21.7. The largest absolute Gasteiger partial charge is 0.354 e. The molecule has 0 saturated heterocycles. The molecule has 0 aromatic heterocycles. The van der Waals surface area contributed by atoms with Gasteiger partial charge >= 0.3 is 0 Å². The molecule has 0 heterocycles. The summed E-state index contributed by atoms with van der Waals surface area (Å²) in [6, 6.07) is 11.0. The van der Waals surface area contributed by atoms with Crippen LogP contribution in [0.15, 0.2) is 36.4 Å². The molecule has 4 nitrogen and oxygen atoms in total. The Morgan fingerprint density at radius 1 is 1.03 bits per heavy atom. The Labute approximate surface area is 206 Å². The molecule has 174 valence electrons. The zero-order valence-electron chi connectivity index (χ0n) is 19.4. The third kappa shape index (κ3) is 8.34. The van der Waals surface area contributed by atoms with Crippen LogP contribution in [0.4, 0.5) is 0 Å². The number of rotatable bonds is 10. The predicted octanol–water partition coefficient (Wildman–Crippen LogP) is 6.03. The van der Waals surface area contributed by atoms with Crippen LogP contribution < -0.4 is 5.32 Å². The van der Waals surface area contributed by atoms with Crippen LogP contribution in [0.1, 0.15) is 43.0 Å². The number of thioether (sulfide) groups is 1. The van der Waals surface area contributed by atoms with Crippen LogP contribution in [0, 0.1) is 19.8 Å². The number of carbonyl (C=O) groups is 2. The average molecular weight is 496 g/mol. The Balaban J connectivity index is 2.12. The molecular formula is C25H32Cl2N2O2S. The first kappa shape index (κ1) is 26.6. The first-order chi connectivity index (χ1) is 15.1. The highest BCUT2D eigenvalue weighted by atomic mass is 35.5. The number of amides is 2. The predicted molar refractivity (Wildman–Crippen MR) is 136 cm³/mol. The van der Waals surface area contributed by atoms with Crippen molar-refractivity contribution < 1.29 is 9.59 Å². The van der Waals surface area contributed by atoms with Crippen LogP contribution in [0.25, 0.3) is 0 Å². The van der Waals surface area contributed by atoms with Crippen molar-refractivity contribution in [3.8, 4) is 0 Å².